The van der Waals surface area contributed by atoms with Crippen molar-refractivity contribution in [3.05, 3.63) is 181 Å². The first-order chi connectivity index (χ1) is 22.2. The average Bonchev–Trinajstić information content (AvgIpc) is 3.49. The number of benzene rings is 5. The van der Waals surface area contributed by atoms with E-state index in [-0.39, 0.29) is 20.1 Å². The molecule has 0 atom stereocenters. The Hall–Kier alpha value is -4.73. The van der Waals surface area contributed by atoms with Gasteiger partial charge in [-0.15, -0.1) is 59.2 Å². The van der Waals surface area contributed by atoms with E-state index in [4.69, 9.17) is 4.98 Å². The van der Waals surface area contributed by atoms with Crippen LogP contribution in [0.2, 0.25) is 0 Å². The first-order valence-corrected chi connectivity index (χ1v) is 15.8. The summed E-state index contributed by atoms with van der Waals surface area (Å²) in [6.07, 6.45) is 4.71. The van der Waals surface area contributed by atoms with Crippen LogP contribution >= 0.6 is 11.3 Å². The van der Waals surface area contributed by atoms with Crippen molar-refractivity contribution in [2.45, 2.75) is 13.3 Å². The summed E-state index contributed by atoms with van der Waals surface area (Å²) in [7, 11) is 0. The molecule has 3 heterocycles. The van der Waals surface area contributed by atoms with Crippen LogP contribution in [0.4, 0.5) is 0 Å². The summed E-state index contributed by atoms with van der Waals surface area (Å²) in [6.45, 7) is 2.13. The van der Waals surface area contributed by atoms with E-state index < -0.39 is 0 Å². The average molecular weight is 787 g/mol. The Bertz CT molecular complexity index is 2140. The minimum Gasteiger partial charge on any atom is -0.305 e. The minimum atomic E-state index is 0. The van der Waals surface area contributed by atoms with Crippen molar-refractivity contribution < 1.29 is 20.1 Å². The molecule has 8 aromatic rings. The zero-order chi connectivity index (χ0) is 30.4. The van der Waals surface area contributed by atoms with Crippen LogP contribution in [0, 0.1) is 19.1 Å². The van der Waals surface area contributed by atoms with Gasteiger partial charge in [-0.3, -0.25) is 0 Å². The molecular formula is C42H30IrN2S-2. The van der Waals surface area contributed by atoms with Crippen LogP contribution in [0.15, 0.2) is 152 Å². The van der Waals surface area contributed by atoms with E-state index in [1.807, 2.05) is 60.0 Å². The van der Waals surface area contributed by atoms with Gasteiger partial charge in [0.25, 0.3) is 0 Å². The van der Waals surface area contributed by atoms with Crippen LogP contribution in [0.1, 0.15) is 16.7 Å². The third-order valence-electron chi connectivity index (χ3n) is 7.89. The summed E-state index contributed by atoms with van der Waals surface area (Å²) < 4.78 is 2.59. The van der Waals surface area contributed by atoms with Crippen LogP contribution in [0.5, 0.6) is 0 Å². The Morgan fingerprint density at radius 1 is 0.609 bits per heavy atom. The van der Waals surface area contributed by atoms with E-state index in [2.05, 4.69) is 121 Å². The van der Waals surface area contributed by atoms with Crippen molar-refractivity contribution in [1.29, 1.82) is 0 Å². The molecule has 225 valence electrons. The normalized spacial score (nSPS) is 10.6. The molecule has 0 aliphatic rings. The summed E-state index contributed by atoms with van der Waals surface area (Å²) in [5, 5.41) is 2.60. The Morgan fingerprint density at radius 2 is 1.35 bits per heavy atom. The van der Waals surface area contributed by atoms with Gasteiger partial charge in [0.05, 0.1) is 0 Å². The predicted octanol–water partition coefficient (Wildman–Crippen LogP) is 11.0. The number of fused-ring (bicyclic) bond motifs is 3. The number of thiophene rings is 1. The van der Waals surface area contributed by atoms with Crippen LogP contribution in [-0.2, 0) is 26.5 Å². The van der Waals surface area contributed by atoms with E-state index >= 15 is 0 Å². The van der Waals surface area contributed by atoms with Crippen LogP contribution in [0.3, 0.4) is 0 Å². The van der Waals surface area contributed by atoms with Gasteiger partial charge in [-0.2, -0.15) is 11.3 Å². The first-order valence-electron chi connectivity index (χ1n) is 15.0. The fourth-order valence-electron chi connectivity index (χ4n) is 5.48. The summed E-state index contributed by atoms with van der Waals surface area (Å²) in [4.78, 5) is 9.05. The zero-order valence-corrected chi connectivity index (χ0v) is 28.5. The SMILES string of the molecule is Cc1cnc(-c2[c-]cc3sc4ccccc4c3c2)cc1Cc1ccccc1.[Ir].[c-]1ccc(-c2ccccc2)cc1-c1ccccn1. The Kier molecular flexibility index (Phi) is 9.91. The molecule has 0 fully saturated rings. The Labute approximate surface area is 287 Å². The van der Waals surface area contributed by atoms with Crippen LogP contribution in [0.25, 0.3) is 53.8 Å². The van der Waals surface area contributed by atoms with Crippen LogP contribution < -0.4 is 0 Å². The molecule has 5 aromatic carbocycles. The van der Waals surface area contributed by atoms with Crippen molar-refractivity contribution in [1.82, 2.24) is 9.97 Å². The van der Waals surface area contributed by atoms with Gasteiger partial charge in [0.2, 0.25) is 0 Å². The third kappa shape index (κ3) is 7.06. The molecule has 0 saturated heterocycles. The van der Waals surface area contributed by atoms with Crippen molar-refractivity contribution in [2.24, 2.45) is 0 Å². The quantitative estimate of drug-likeness (QED) is 0.162. The number of aromatic nitrogens is 2. The first kappa shape index (κ1) is 31.3. The van der Waals surface area contributed by atoms with E-state index in [9.17, 15) is 0 Å². The van der Waals surface area contributed by atoms with Crippen molar-refractivity contribution in [3.63, 3.8) is 0 Å². The molecule has 0 aliphatic heterocycles. The Balaban J connectivity index is 0.000000171. The van der Waals surface area contributed by atoms with E-state index in [0.29, 0.717) is 0 Å². The van der Waals surface area contributed by atoms with Gasteiger partial charge in [-0.1, -0.05) is 102 Å². The second kappa shape index (κ2) is 14.6. The summed E-state index contributed by atoms with van der Waals surface area (Å²) in [5.74, 6) is 0. The number of pyridine rings is 2. The largest absolute Gasteiger partial charge is 0.305 e. The van der Waals surface area contributed by atoms with Gasteiger partial charge in [0.15, 0.2) is 0 Å². The van der Waals surface area contributed by atoms with Gasteiger partial charge in [-0.05, 0) is 69.2 Å². The van der Waals surface area contributed by atoms with Gasteiger partial charge < -0.3 is 9.97 Å². The topological polar surface area (TPSA) is 25.8 Å². The van der Waals surface area contributed by atoms with Gasteiger partial charge in [-0.25, -0.2) is 0 Å². The third-order valence-corrected chi connectivity index (χ3v) is 9.02. The molecule has 0 spiro atoms. The maximum absolute atomic E-state index is 4.69. The summed E-state index contributed by atoms with van der Waals surface area (Å²) >= 11 is 1.82. The molecule has 0 bridgehead atoms. The standard InChI is InChI=1S/C25H18NS.C17H12N.Ir/c1-17-16-26-23(15-20(17)13-18-7-3-2-4-8-18)19-11-12-25-22(14-19)21-9-5-6-10-24(21)27-25;1-2-7-14(8-3-1)15-9-6-10-16(13-15)17-11-4-5-12-18-17;/h2-10,12,14-16H,13H2,1H3;1-9,11-13H;/q2*-1;. The Morgan fingerprint density at radius 3 is 2.15 bits per heavy atom. The van der Waals surface area contributed by atoms with Crippen LogP contribution in [-0.4, -0.2) is 9.97 Å². The molecule has 0 saturated carbocycles. The molecule has 8 rings (SSSR count). The van der Waals surface area contributed by atoms with Crippen molar-refractivity contribution in [3.8, 4) is 33.6 Å². The molecular weight excluding hydrogens is 757 g/mol. The molecule has 0 amide bonds. The molecule has 3 aromatic heterocycles. The number of aryl methyl sites for hydroxylation is 1. The number of rotatable bonds is 5. The monoisotopic (exact) mass is 787 g/mol. The summed E-state index contributed by atoms with van der Waals surface area (Å²) in [6, 6.07) is 54.8. The molecule has 4 heteroatoms. The number of nitrogens with zero attached hydrogens (tertiary/aromatic N) is 2. The van der Waals surface area contributed by atoms with E-state index in [1.54, 1.807) is 6.20 Å². The predicted molar refractivity (Wildman–Crippen MR) is 189 cm³/mol. The molecule has 0 N–H and O–H groups in total. The fourth-order valence-corrected chi connectivity index (χ4v) is 6.55. The van der Waals surface area contributed by atoms with Crippen molar-refractivity contribution >= 4 is 31.5 Å². The smallest absolute Gasteiger partial charge is 0.0239 e. The molecule has 1 radical (unpaired) electrons. The fraction of sp³-hybridized carbons (Fsp3) is 0.0476. The van der Waals surface area contributed by atoms with Gasteiger partial charge >= 0.3 is 0 Å². The van der Waals surface area contributed by atoms with E-state index in [1.165, 1.54) is 48.0 Å². The summed E-state index contributed by atoms with van der Waals surface area (Å²) in [5.41, 5.74) is 10.3. The van der Waals surface area contributed by atoms with Gasteiger partial charge in [0.1, 0.15) is 0 Å². The van der Waals surface area contributed by atoms with Crippen molar-refractivity contribution in [2.75, 3.05) is 0 Å². The maximum Gasteiger partial charge on any atom is 0.0239 e. The number of hydrogen-bond donors (Lipinski definition) is 0. The van der Waals surface area contributed by atoms with E-state index in [0.717, 1.165) is 28.9 Å². The molecule has 2 nitrogen and oxygen atoms in total. The molecule has 46 heavy (non-hydrogen) atoms. The zero-order valence-electron chi connectivity index (χ0n) is 25.3. The second-order valence-corrected chi connectivity index (χ2v) is 12.0. The number of hydrogen-bond acceptors (Lipinski definition) is 3. The van der Waals surface area contributed by atoms with Gasteiger partial charge in [0, 0.05) is 37.2 Å². The molecule has 0 aliphatic carbocycles. The maximum atomic E-state index is 4.69. The second-order valence-electron chi connectivity index (χ2n) is 11.0. The minimum absolute atomic E-state index is 0. The molecule has 0 unspecified atom stereocenters.